The number of nitrogens with zero attached hydrogens (tertiary/aromatic N) is 5. The Morgan fingerprint density at radius 3 is 2.31 bits per heavy atom. The van der Waals surface area contributed by atoms with Crippen LogP contribution in [0.3, 0.4) is 0 Å². The molecule has 3 aromatic carbocycles. The molecule has 0 N–H and O–H groups in total. The summed E-state index contributed by atoms with van der Waals surface area (Å²) in [6.07, 6.45) is 0.615. The SMILES string of the molecule is Fc1ccc(-c2nnc(SCc3nc(Cc4ccccc4)no3)n2-c2ccccc2)cc1. The van der Waals surface area contributed by atoms with Crippen molar-refractivity contribution in [2.75, 3.05) is 0 Å². The molecule has 0 amide bonds. The van der Waals surface area contributed by atoms with E-state index in [-0.39, 0.29) is 5.82 Å². The lowest BCUT2D eigenvalue weighted by Crippen LogP contribution is -1.99. The molecule has 0 bridgehead atoms. The average molecular weight is 444 g/mol. The van der Waals surface area contributed by atoms with Crippen molar-refractivity contribution in [2.45, 2.75) is 17.3 Å². The predicted octanol–water partition coefficient (Wildman–Crippen LogP) is 5.34. The van der Waals surface area contributed by atoms with Crippen LogP contribution in [-0.4, -0.2) is 24.9 Å². The maximum absolute atomic E-state index is 13.4. The van der Waals surface area contributed by atoms with Gasteiger partial charge in [0.05, 0.1) is 5.75 Å². The molecule has 0 spiro atoms. The van der Waals surface area contributed by atoms with E-state index in [2.05, 4.69) is 20.3 Å². The Morgan fingerprint density at radius 1 is 0.844 bits per heavy atom. The van der Waals surface area contributed by atoms with Gasteiger partial charge in [-0.3, -0.25) is 4.57 Å². The fraction of sp³-hybridized carbons (Fsp3) is 0.0833. The van der Waals surface area contributed by atoms with Crippen LogP contribution in [0.2, 0.25) is 0 Å². The highest BCUT2D eigenvalue weighted by Crippen LogP contribution is 2.29. The minimum atomic E-state index is -0.295. The van der Waals surface area contributed by atoms with Crippen LogP contribution < -0.4 is 0 Å². The maximum Gasteiger partial charge on any atom is 0.237 e. The van der Waals surface area contributed by atoms with Crippen LogP contribution in [-0.2, 0) is 12.2 Å². The highest BCUT2D eigenvalue weighted by Gasteiger charge is 2.17. The normalized spacial score (nSPS) is 11.0. The second-order valence-electron chi connectivity index (χ2n) is 7.04. The molecule has 0 radical (unpaired) electrons. The van der Waals surface area contributed by atoms with Gasteiger partial charge in [-0.2, -0.15) is 4.98 Å². The van der Waals surface area contributed by atoms with Crippen molar-refractivity contribution >= 4 is 11.8 Å². The topological polar surface area (TPSA) is 69.6 Å². The number of halogens is 1. The fourth-order valence-corrected chi connectivity index (χ4v) is 4.07. The largest absolute Gasteiger partial charge is 0.338 e. The standard InChI is InChI=1S/C24H18FN5OS/c25-19-13-11-18(12-14-19)23-27-28-24(30(23)20-9-5-2-6-10-20)32-16-22-26-21(29-31-22)15-17-7-3-1-4-8-17/h1-14H,15-16H2. The molecular formula is C24H18FN5OS. The molecular weight excluding hydrogens is 425 g/mol. The highest BCUT2D eigenvalue weighted by molar-refractivity contribution is 7.98. The zero-order valence-electron chi connectivity index (χ0n) is 16.9. The molecule has 0 saturated carbocycles. The van der Waals surface area contributed by atoms with E-state index < -0.39 is 0 Å². The van der Waals surface area contributed by atoms with Gasteiger partial charge in [-0.25, -0.2) is 4.39 Å². The van der Waals surface area contributed by atoms with Gasteiger partial charge < -0.3 is 4.52 Å². The lowest BCUT2D eigenvalue weighted by molar-refractivity contribution is 0.385. The summed E-state index contributed by atoms with van der Waals surface area (Å²) in [5, 5.41) is 13.5. The quantitative estimate of drug-likeness (QED) is 0.316. The molecule has 0 aliphatic heterocycles. The lowest BCUT2D eigenvalue weighted by atomic mass is 10.1. The molecule has 0 saturated heterocycles. The van der Waals surface area contributed by atoms with E-state index in [1.165, 1.54) is 23.9 Å². The van der Waals surface area contributed by atoms with Gasteiger partial charge in [0, 0.05) is 17.7 Å². The van der Waals surface area contributed by atoms with E-state index in [9.17, 15) is 4.39 Å². The Morgan fingerprint density at radius 2 is 1.56 bits per heavy atom. The Kier molecular flexibility index (Phi) is 5.76. The van der Waals surface area contributed by atoms with Gasteiger partial charge in [0.15, 0.2) is 16.8 Å². The summed E-state index contributed by atoms with van der Waals surface area (Å²) in [5.74, 6) is 1.96. The van der Waals surface area contributed by atoms with Gasteiger partial charge in [0.25, 0.3) is 0 Å². The smallest absolute Gasteiger partial charge is 0.237 e. The van der Waals surface area contributed by atoms with E-state index in [1.54, 1.807) is 12.1 Å². The molecule has 0 aliphatic rings. The summed E-state index contributed by atoms with van der Waals surface area (Å²) < 4.78 is 20.8. The first-order chi connectivity index (χ1) is 15.8. The van der Waals surface area contributed by atoms with Gasteiger partial charge in [-0.15, -0.1) is 10.2 Å². The van der Waals surface area contributed by atoms with Gasteiger partial charge in [0.2, 0.25) is 5.89 Å². The summed E-state index contributed by atoms with van der Waals surface area (Å²) in [5.41, 5.74) is 2.81. The zero-order chi connectivity index (χ0) is 21.8. The Bertz CT molecular complexity index is 1300. The molecule has 5 aromatic rings. The van der Waals surface area contributed by atoms with Crippen molar-refractivity contribution in [2.24, 2.45) is 0 Å². The van der Waals surface area contributed by atoms with Crippen molar-refractivity contribution in [3.8, 4) is 17.1 Å². The molecule has 0 atom stereocenters. The van der Waals surface area contributed by atoms with Crippen molar-refractivity contribution in [3.63, 3.8) is 0 Å². The summed E-state index contributed by atoms with van der Waals surface area (Å²) in [6.45, 7) is 0. The van der Waals surface area contributed by atoms with Gasteiger partial charge in [-0.1, -0.05) is 65.4 Å². The van der Waals surface area contributed by atoms with Gasteiger partial charge >= 0.3 is 0 Å². The highest BCUT2D eigenvalue weighted by atomic mass is 32.2. The Labute approximate surface area is 188 Å². The molecule has 0 aliphatic carbocycles. The summed E-state index contributed by atoms with van der Waals surface area (Å²) >= 11 is 1.45. The average Bonchev–Trinajstić information content (AvgIpc) is 3.46. The molecule has 2 aromatic heterocycles. The minimum Gasteiger partial charge on any atom is -0.338 e. The van der Waals surface area contributed by atoms with Gasteiger partial charge in [-0.05, 0) is 42.0 Å². The van der Waals surface area contributed by atoms with E-state index in [0.717, 1.165) is 16.8 Å². The Balaban J connectivity index is 1.39. The summed E-state index contributed by atoms with van der Waals surface area (Å²) in [6, 6.07) is 26.0. The minimum absolute atomic E-state index is 0.295. The number of para-hydroxylation sites is 1. The predicted molar refractivity (Wildman–Crippen MR) is 120 cm³/mol. The first-order valence-corrected chi connectivity index (χ1v) is 11.0. The van der Waals surface area contributed by atoms with Crippen LogP contribution in [0.25, 0.3) is 17.1 Å². The summed E-state index contributed by atoms with van der Waals surface area (Å²) in [4.78, 5) is 4.50. The Hall–Kier alpha value is -3.78. The monoisotopic (exact) mass is 443 g/mol. The maximum atomic E-state index is 13.4. The van der Waals surface area contributed by atoms with E-state index in [4.69, 9.17) is 4.52 Å². The third-order valence-corrected chi connectivity index (χ3v) is 5.70. The number of thioether (sulfide) groups is 1. The molecule has 0 fully saturated rings. The second-order valence-corrected chi connectivity index (χ2v) is 7.98. The number of hydrogen-bond donors (Lipinski definition) is 0. The van der Waals surface area contributed by atoms with Gasteiger partial charge in [0.1, 0.15) is 5.82 Å². The van der Waals surface area contributed by atoms with E-state index >= 15 is 0 Å². The van der Waals surface area contributed by atoms with Crippen LogP contribution in [0.15, 0.2) is 94.6 Å². The second kappa shape index (κ2) is 9.15. The first-order valence-electron chi connectivity index (χ1n) is 10.0. The molecule has 0 unspecified atom stereocenters. The van der Waals surface area contributed by atoms with Crippen LogP contribution >= 0.6 is 11.8 Å². The molecule has 158 valence electrons. The van der Waals surface area contributed by atoms with Crippen molar-refractivity contribution in [3.05, 3.63) is 108 Å². The molecule has 32 heavy (non-hydrogen) atoms. The van der Waals surface area contributed by atoms with E-state index in [0.29, 0.717) is 34.9 Å². The number of aromatic nitrogens is 5. The van der Waals surface area contributed by atoms with E-state index in [1.807, 2.05) is 65.2 Å². The first kappa shape index (κ1) is 20.1. The molecule has 2 heterocycles. The van der Waals surface area contributed by atoms with Crippen LogP contribution in [0.5, 0.6) is 0 Å². The van der Waals surface area contributed by atoms with Crippen molar-refractivity contribution in [1.29, 1.82) is 0 Å². The number of benzene rings is 3. The number of rotatable bonds is 7. The molecule has 5 rings (SSSR count). The van der Waals surface area contributed by atoms with Crippen LogP contribution in [0.1, 0.15) is 17.3 Å². The third-order valence-electron chi connectivity index (χ3n) is 4.79. The van der Waals surface area contributed by atoms with Crippen LogP contribution in [0, 0.1) is 5.82 Å². The fourth-order valence-electron chi connectivity index (χ4n) is 3.28. The zero-order valence-corrected chi connectivity index (χ0v) is 17.7. The third kappa shape index (κ3) is 4.45. The lowest BCUT2D eigenvalue weighted by Gasteiger charge is -2.09. The van der Waals surface area contributed by atoms with Crippen LogP contribution in [0.4, 0.5) is 4.39 Å². The van der Waals surface area contributed by atoms with Crippen molar-refractivity contribution in [1.82, 2.24) is 24.9 Å². The summed E-state index contributed by atoms with van der Waals surface area (Å²) in [7, 11) is 0. The number of hydrogen-bond acceptors (Lipinski definition) is 6. The molecule has 6 nitrogen and oxygen atoms in total. The van der Waals surface area contributed by atoms with Crippen molar-refractivity contribution < 1.29 is 8.91 Å². The molecule has 8 heteroatoms.